The minimum absolute atomic E-state index is 0.134. The van der Waals surface area contributed by atoms with Crippen LogP contribution in [-0.2, 0) is 14.3 Å². The number of nitrogens with zero attached hydrogens (tertiary/aromatic N) is 1. The van der Waals surface area contributed by atoms with Crippen molar-refractivity contribution in [2.45, 2.75) is 12.4 Å². The highest BCUT2D eigenvalue weighted by atomic mass is 35.5. The van der Waals surface area contributed by atoms with Crippen LogP contribution < -0.4 is 5.73 Å². The van der Waals surface area contributed by atoms with Crippen LogP contribution in [0.15, 0.2) is 4.99 Å². The van der Waals surface area contributed by atoms with E-state index < -0.39 is 23.3 Å². The number of aliphatic carboxylic acids is 1. The summed E-state index contributed by atoms with van der Waals surface area (Å²) >= 11 is 5.18. The molecule has 0 aliphatic rings. The first-order chi connectivity index (χ1) is 5.99. The molecule has 13 heavy (non-hydrogen) atoms. The fourth-order valence-corrected chi connectivity index (χ4v) is 0.540. The zero-order valence-corrected chi connectivity index (χ0v) is 7.61. The third kappa shape index (κ3) is 4.32. The molecule has 0 radical (unpaired) electrons. The Bertz CT molecular complexity index is 241. The predicted molar refractivity (Wildman–Crippen MR) is 45.5 cm³/mol. The van der Waals surface area contributed by atoms with Gasteiger partial charge in [-0.2, -0.15) is 0 Å². The molecule has 0 aromatic rings. The van der Waals surface area contributed by atoms with Gasteiger partial charge in [0.1, 0.15) is 0 Å². The molecule has 3 N–H and O–H groups in total. The van der Waals surface area contributed by atoms with E-state index in [2.05, 4.69) is 9.73 Å². The number of esters is 1. The molecule has 0 fully saturated rings. The van der Waals surface area contributed by atoms with E-state index >= 15 is 0 Å². The summed E-state index contributed by atoms with van der Waals surface area (Å²) in [5.74, 6) is -2.81. The number of carbonyl (C=O) groups excluding carboxylic acids is 1. The molecule has 0 spiro atoms. The Hall–Kier alpha value is -1.30. The summed E-state index contributed by atoms with van der Waals surface area (Å²) in [6.45, 7) is 1.72. The molecule has 7 heteroatoms. The molecular weight excluding hydrogens is 200 g/mol. The molecule has 74 valence electrons. The summed E-state index contributed by atoms with van der Waals surface area (Å²) in [5, 5.41) is 8.30. The minimum Gasteiger partial charge on any atom is -0.479 e. The Morgan fingerprint density at radius 2 is 2.23 bits per heavy atom. The molecule has 0 saturated heterocycles. The third-order valence-corrected chi connectivity index (χ3v) is 1.23. The van der Waals surface area contributed by atoms with E-state index in [-0.39, 0.29) is 6.61 Å². The number of ether oxygens (including phenoxy) is 1. The summed E-state index contributed by atoms with van der Waals surface area (Å²) in [6, 6.07) is 0. The first kappa shape index (κ1) is 11.7. The number of hydrogen-bond acceptors (Lipinski definition) is 4. The number of carbonyl (C=O) groups is 2. The molecule has 0 saturated carbocycles. The number of rotatable bonds is 3. The van der Waals surface area contributed by atoms with E-state index in [4.69, 9.17) is 22.4 Å². The van der Waals surface area contributed by atoms with Gasteiger partial charge in [0, 0.05) is 0 Å². The van der Waals surface area contributed by atoms with E-state index in [9.17, 15) is 9.59 Å². The highest BCUT2D eigenvalue weighted by Gasteiger charge is 2.15. The first-order valence-corrected chi connectivity index (χ1v) is 3.80. The van der Waals surface area contributed by atoms with Crippen LogP contribution in [0.5, 0.6) is 0 Å². The van der Waals surface area contributed by atoms with Gasteiger partial charge in [-0.3, -0.25) is 0 Å². The molecule has 0 amide bonds. The van der Waals surface area contributed by atoms with Crippen LogP contribution in [0.2, 0.25) is 0 Å². The topological polar surface area (TPSA) is 102 Å². The first-order valence-electron chi connectivity index (χ1n) is 3.36. The Balaban J connectivity index is 4.31. The largest absolute Gasteiger partial charge is 0.479 e. The maximum atomic E-state index is 10.8. The fourth-order valence-electron chi connectivity index (χ4n) is 0.435. The van der Waals surface area contributed by atoms with Gasteiger partial charge in [0.25, 0.3) is 0 Å². The maximum absolute atomic E-state index is 10.8. The van der Waals surface area contributed by atoms with Crippen molar-refractivity contribution < 1.29 is 19.4 Å². The molecule has 0 rings (SSSR count). The van der Waals surface area contributed by atoms with Crippen LogP contribution in [0.4, 0.5) is 0 Å². The summed E-state index contributed by atoms with van der Waals surface area (Å²) < 4.78 is 4.44. The van der Waals surface area contributed by atoms with Gasteiger partial charge in [-0.1, -0.05) is 11.6 Å². The molecule has 0 aliphatic heterocycles. The Labute approximate surface area is 79.3 Å². The van der Waals surface area contributed by atoms with Gasteiger partial charge in [0.2, 0.25) is 11.3 Å². The third-order valence-electron chi connectivity index (χ3n) is 0.941. The second-order valence-corrected chi connectivity index (χ2v) is 2.32. The van der Waals surface area contributed by atoms with Crippen LogP contribution in [0, 0.1) is 0 Å². The van der Waals surface area contributed by atoms with Crippen molar-refractivity contribution in [3.8, 4) is 0 Å². The van der Waals surface area contributed by atoms with Gasteiger partial charge < -0.3 is 15.6 Å². The summed E-state index contributed by atoms with van der Waals surface area (Å²) in [5.41, 5.74) is 3.50. The van der Waals surface area contributed by atoms with E-state index in [1.807, 2.05) is 0 Å². The molecule has 0 aromatic carbocycles. The molecule has 0 aromatic heterocycles. The second-order valence-electron chi connectivity index (χ2n) is 1.91. The summed E-state index contributed by atoms with van der Waals surface area (Å²) in [7, 11) is 0. The Morgan fingerprint density at radius 3 is 2.62 bits per heavy atom. The van der Waals surface area contributed by atoms with Gasteiger partial charge >= 0.3 is 11.9 Å². The van der Waals surface area contributed by atoms with E-state index in [0.717, 1.165) is 0 Å². The Morgan fingerprint density at radius 1 is 1.69 bits per heavy atom. The molecule has 0 heterocycles. The predicted octanol–water partition coefficient (Wildman–Crippen LogP) is -0.444. The number of alkyl halides is 1. The maximum Gasteiger partial charge on any atom is 0.373 e. The number of carboxylic acid groups (broad SMARTS) is 1. The van der Waals surface area contributed by atoms with Crippen molar-refractivity contribution in [2.24, 2.45) is 10.7 Å². The lowest BCUT2D eigenvalue weighted by Crippen LogP contribution is -2.28. The lowest BCUT2D eigenvalue weighted by molar-refractivity contribution is -0.136. The monoisotopic (exact) mass is 208 g/mol. The number of halogens is 1. The molecule has 6 nitrogen and oxygen atoms in total. The van der Waals surface area contributed by atoms with E-state index in [0.29, 0.717) is 0 Å². The molecule has 1 unspecified atom stereocenters. The van der Waals surface area contributed by atoms with Crippen LogP contribution in [0.3, 0.4) is 0 Å². The number of aliphatic imine (C=N–C) groups is 1. The van der Waals surface area contributed by atoms with Crippen molar-refractivity contribution in [2.75, 3.05) is 6.61 Å². The smallest absolute Gasteiger partial charge is 0.373 e. The van der Waals surface area contributed by atoms with Crippen LogP contribution >= 0.6 is 11.6 Å². The van der Waals surface area contributed by atoms with Crippen LogP contribution in [0.1, 0.15) is 6.92 Å². The minimum atomic E-state index is -1.57. The van der Waals surface area contributed by atoms with E-state index in [1.165, 1.54) is 0 Å². The van der Waals surface area contributed by atoms with Crippen molar-refractivity contribution in [3.63, 3.8) is 0 Å². The molecular formula is C6H9ClN2O4. The molecule has 1 atom stereocenters. The van der Waals surface area contributed by atoms with Gasteiger partial charge in [-0.25, -0.2) is 14.6 Å². The normalized spacial score (nSPS) is 13.5. The van der Waals surface area contributed by atoms with Crippen molar-refractivity contribution in [3.05, 3.63) is 0 Å². The van der Waals surface area contributed by atoms with Gasteiger partial charge in [-0.05, 0) is 6.92 Å². The van der Waals surface area contributed by atoms with Crippen molar-refractivity contribution in [1.82, 2.24) is 0 Å². The quantitative estimate of drug-likeness (QED) is 0.215. The average Bonchev–Trinajstić information content (AvgIpc) is 2.04. The fraction of sp³-hybridized carbons (Fsp3) is 0.500. The highest BCUT2D eigenvalue weighted by molar-refractivity contribution is 6.37. The van der Waals surface area contributed by atoms with E-state index in [1.54, 1.807) is 6.92 Å². The van der Waals surface area contributed by atoms with Crippen molar-refractivity contribution in [1.29, 1.82) is 0 Å². The number of amidine groups is 1. The average molecular weight is 209 g/mol. The van der Waals surface area contributed by atoms with Gasteiger partial charge in [0.15, 0.2) is 0 Å². The Kier molecular flexibility index (Phi) is 4.83. The second kappa shape index (κ2) is 5.36. The van der Waals surface area contributed by atoms with Crippen LogP contribution in [-0.4, -0.2) is 35.0 Å². The van der Waals surface area contributed by atoms with Crippen LogP contribution in [0.25, 0.3) is 0 Å². The molecule has 0 bridgehead atoms. The number of hydrogen-bond donors (Lipinski definition) is 2. The van der Waals surface area contributed by atoms with Crippen molar-refractivity contribution >= 4 is 29.4 Å². The lowest BCUT2D eigenvalue weighted by atomic mass is 10.5. The zero-order valence-electron chi connectivity index (χ0n) is 6.86. The number of carboxylic acids is 1. The highest BCUT2D eigenvalue weighted by Crippen LogP contribution is 1.97. The van der Waals surface area contributed by atoms with Gasteiger partial charge in [0.05, 0.1) is 6.61 Å². The zero-order chi connectivity index (χ0) is 10.4. The summed E-state index contributed by atoms with van der Waals surface area (Å²) in [6.07, 6.45) is 0. The SMILES string of the molecule is CCOC(=O)C(N)=NC(Cl)C(=O)O. The standard InChI is InChI=1S/C6H9ClN2O4/c1-2-13-6(12)4(8)9-3(7)5(10)11/h3H,2H2,1H3,(H2,8,9)(H,10,11). The lowest BCUT2D eigenvalue weighted by Gasteiger charge is -2.01. The van der Waals surface area contributed by atoms with Gasteiger partial charge in [-0.15, -0.1) is 0 Å². The number of nitrogens with two attached hydrogens (primary N) is 1. The summed E-state index contributed by atoms with van der Waals surface area (Å²) in [4.78, 5) is 24.1. The molecule has 0 aliphatic carbocycles.